The molecule has 2 rings (SSSR count). The van der Waals surface area contributed by atoms with Gasteiger partial charge in [-0.1, -0.05) is 6.07 Å². The zero-order chi connectivity index (χ0) is 17.4. The molecule has 24 heavy (non-hydrogen) atoms. The summed E-state index contributed by atoms with van der Waals surface area (Å²) in [5.74, 6) is 0.961. The molecule has 0 aliphatic carbocycles. The standard InChI is InChI=1S/C16H19N3O3S2/c1-2-24(21,22)19-15-7-5-14(6-8-15)18-16(20)12-23-11-13-4-3-9-17-10-13/h3-10,19H,2,11-12H2,1H3,(H,18,20). The average molecular weight is 365 g/mol. The predicted molar refractivity (Wildman–Crippen MR) is 98.6 cm³/mol. The highest BCUT2D eigenvalue weighted by Gasteiger charge is 2.07. The van der Waals surface area contributed by atoms with Crippen molar-refractivity contribution in [2.45, 2.75) is 12.7 Å². The van der Waals surface area contributed by atoms with E-state index in [4.69, 9.17) is 0 Å². The van der Waals surface area contributed by atoms with E-state index in [1.165, 1.54) is 11.8 Å². The van der Waals surface area contributed by atoms with Gasteiger partial charge in [0.2, 0.25) is 15.9 Å². The molecule has 0 saturated heterocycles. The lowest BCUT2D eigenvalue weighted by Crippen LogP contribution is -2.15. The molecule has 1 aromatic carbocycles. The number of nitrogens with one attached hydrogen (secondary N) is 2. The number of pyridine rings is 1. The molecule has 128 valence electrons. The second-order valence-corrected chi connectivity index (χ2v) is 7.98. The minimum Gasteiger partial charge on any atom is -0.325 e. The monoisotopic (exact) mass is 365 g/mol. The fourth-order valence-corrected chi connectivity index (χ4v) is 3.22. The lowest BCUT2D eigenvalue weighted by molar-refractivity contribution is -0.113. The molecule has 2 aromatic rings. The second-order valence-electron chi connectivity index (χ2n) is 4.99. The van der Waals surface area contributed by atoms with Crippen LogP contribution in [0.1, 0.15) is 12.5 Å². The van der Waals surface area contributed by atoms with E-state index in [1.807, 2.05) is 12.1 Å². The molecule has 8 heteroatoms. The molecular weight excluding hydrogens is 346 g/mol. The molecule has 0 aliphatic rings. The molecule has 6 nitrogen and oxygen atoms in total. The van der Waals surface area contributed by atoms with Crippen molar-refractivity contribution in [3.8, 4) is 0 Å². The van der Waals surface area contributed by atoms with Crippen LogP contribution in [0, 0.1) is 0 Å². The first-order valence-corrected chi connectivity index (χ1v) is 10.2. The van der Waals surface area contributed by atoms with Gasteiger partial charge in [0.1, 0.15) is 0 Å². The van der Waals surface area contributed by atoms with E-state index < -0.39 is 10.0 Å². The molecule has 0 atom stereocenters. The zero-order valence-corrected chi connectivity index (χ0v) is 14.9. The van der Waals surface area contributed by atoms with Crippen molar-refractivity contribution in [2.75, 3.05) is 21.5 Å². The number of nitrogens with zero attached hydrogens (tertiary/aromatic N) is 1. The molecule has 1 heterocycles. The van der Waals surface area contributed by atoms with E-state index >= 15 is 0 Å². The van der Waals surface area contributed by atoms with Crippen molar-refractivity contribution in [3.63, 3.8) is 0 Å². The highest BCUT2D eigenvalue weighted by atomic mass is 32.2. The predicted octanol–water partition coefficient (Wildman–Crippen LogP) is 2.72. The summed E-state index contributed by atoms with van der Waals surface area (Å²) < 4.78 is 25.4. The van der Waals surface area contributed by atoms with Crippen LogP contribution in [0.4, 0.5) is 11.4 Å². The Balaban J connectivity index is 1.79. The molecule has 2 N–H and O–H groups in total. The quantitative estimate of drug-likeness (QED) is 0.751. The van der Waals surface area contributed by atoms with Crippen LogP contribution < -0.4 is 10.0 Å². The van der Waals surface area contributed by atoms with Crippen LogP contribution in [0.15, 0.2) is 48.8 Å². The summed E-state index contributed by atoms with van der Waals surface area (Å²) in [4.78, 5) is 15.9. The largest absolute Gasteiger partial charge is 0.325 e. The average Bonchev–Trinajstić information content (AvgIpc) is 2.57. The van der Waals surface area contributed by atoms with Crippen LogP contribution in [0.5, 0.6) is 0 Å². The Morgan fingerprint density at radius 2 is 1.88 bits per heavy atom. The van der Waals surface area contributed by atoms with Crippen LogP contribution in [-0.4, -0.2) is 30.8 Å². The van der Waals surface area contributed by atoms with Gasteiger partial charge in [-0.15, -0.1) is 11.8 Å². The van der Waals surface area contributed by atoms with Crippen molar-refractivity contribution in [3.05, 3.63) is 54.4 Å². The fourth-order valence-electron chi connectivity index (χ4n) is 1.82. The number of carbonyl (C=O) groups is 1. The number of hydrogen-bond donors (Lipinski definition) is 2. The van der Waals surface area contributed by atoms with Gasteiger partial charge in [0.05, 0.1) is 11.5 Å². The van der Waals surface area contributed by atoms with Gasteiger partial charge in [0.15, 0.2) is 0 Å². The Morgan fingerprint density at radius 3 is 2.50 bits per heavy atom. The number of benzene rings is 1. The zero-order valence-electron chi connectivity index (χ0n) is 13.2. The molecule has 0 spiro atoms. The topological polar surface area (TPSA) is 88.2 Å². The van der Waals surface area contributed by atoms with Crippen LogP contribution in [0.2, 0.25) is 0 Å². The van der Waals surface area contributed by atoms with Gasteiger partial charge in [-0.25, -0.2) is 8.42 Å². The number of anilines is 2. The third kappa shape index (κ3) is 6.21. The van der Waals surface area contributed by atoms with E-state index in [-0.39, 0.29) is 11.7 Å². The van der Waals surface area contributed by atoms with Crippen LogP contribution >= 0.6 is 11.8 Å². The number of rotatable bonds is 8. The Kier molecular flexibility index (Phi) is 6.62. The first kappa shape index (κ1) is 18.3. The van der Waals surface area contributed by atoms with Crippen molar-refractivity contribution in [1.82, 2.24) is 4.98 Å². The lowest BCUT2D eigenvalue weighted by atomic mass is 10.3. The van der Waals surface area contributed by atoms with Crippen molar-refractivity contribution in [1.29, 1.82) is 0 Å². The summed E-state index contributed by atoms with van der Waals surface area (Å²) in [5.41, 5.74) is 2.17. The van der Waals surface area contributed by atoms with Crippen LogP contribution in [0.25, 0.3) is 0 Å². The molecule has 1 aromatic heterocycles. The molecule has 0 aliphatic heterocycles. The van der Waals surface area contributed by atoms with Gasteiger partial charge in [0.25, 0.3) is 0 Å². The summed E-state index contributed by atoms with van der Waals surface area (Å²) >= 11 is 1.50. The molecule has 0 radical (unpaired) electrons. The summed E-state index contributed by atoms with van der Waals surface area (Å²) in [7, 11) is -3.29. The Hall–Kier alpha value is -2.06. The number of thioether (sulfide) groups is 1. The maximum absolute atomic E-state index is 11.9. The normalized spacial score (nSPS) is 11.0. The molecule has 0 saturated carbocycles. The number of amides is 1. The van der Waals surface area contributed by atoms with E-state index in [0.717, 1.165) is 11.3 Å². The number of aromatic nitrogens is 1. The molecule has 0 unspecified atom stereocenters. The van der Waals surface area contributed by atoms with Crippen molar-refractivity contribution < 1.29 is 13.2 Å². The van der Waals surface area contributed by atoms with Crippen LogP contribution in [0.3, 0.4) is 0 Å². The fraction of sp³-hybridized carbons (Fsp3) is 0.250. The highest BCUT2D eigenvalue weighted by Crippen LogP contribution is 2.16. The Bertz CT molecular complexity index is 763. The van der Waals surface area contributed by atoms with Crippen molar-refractivity contribution >= 4 is 39.1 Å². The van der Waals surface area contributed by atoms with Gasteiger partial charge in [-0.05, 0) is 42.8 Å². The molecular formula is C16H19N3O3S2. The third-order valence-electron chi connectivity index (χ3n) is 3.05. The molecule has 1 amide bonds. The molecule has 0 fully saturated rings. The highest BCUT2D eigenvalue weighted by molar-refractivity contribution is 7.99. The Morgan fingerprint density at radius 1 is 1.17 bits per heavy atom. The van der Waals surface area contributed by atoms with E-state index in [2.05, 4.69) is 15.0 Å². The summed E-state index contributed by atoms with van der Waals surface area (Å²) in [6.07, 6.45) is 3.49. The lowest BCUT2D eigenvalue weighted by Gasteiger charge is -2.08. The smallest absolute Gasteiger partial charge is 0.234 e. The summed E-state index contributed by atoms with van der Waals surface area (Å²) in [5, 5.41) is 2.78. The van der Waals surface area contributed by atoms with Gasteiger partial charge in [-0.3, -0.25) is 14.5 Å². The maximum atomic E-state index is 11.9. The van der Waals surface area contributed by atoms with E-state index in [0.29, 0.717) is 17.1 Å². The minimum absolute atomic E-state index is 0.0135. The van der Waals surface area contributed by atoms with Gasteiger partial charge >= 0.3 is 0 Å². The first-order valence-electron chi connectivity index (χ1n) is 7.35. The Labute approximate surface area is 146 Å². The maximum Gasteiger partial charge on any atom is 0.234 e. The van der Waals surface area contributed by atoms with Crippen molar-refractivity contribution in [2.24, 2.45) is 0 Å². The second kappa shape index (κ2) is 8.70. The van der Waals surface area contributed by atoms with Gasteiger partial charge < -0.3 is 5.32 Å². The van der Waals surface area contributed by atoms with E-state index in [9.17, 15) is 13.2 Å². The molecule has 0 bridgehead atoms. The minimum atomic E-state index is -3.29. The van der Waals surface area contributed by atoms with E-state index in [1.54, 1.807) is 43.6 Å². The van der Waals surface area contributed by atoms with Gasteiger partial charge in [0, 0.05) is 29.5 Å². The number of sulfonamides is 1. The SMILES string of the molecule is CCS(=O)(=O)Nc1ccc(NC(=O)CSCc2cccnc2)cc1. The van der Waals surface area contributed by atoms with Gasteiger partial charge in [-0.2, -0.15) is 0 Å². The van der Waals surface area contributed by atoms with Crippen LogP contribution in [-0.2, 0) is 20.6 Å². The number of hydrogen-bond acceptors (Lipinski definition) is 5. The number of carbonyl (C=O) groups excluding carboxylic acids is 1. The summed E-state index contributed by atoms with van der Waals surface area (Å²) in [6.45, 7) is 1.57. The summed E-state index contributed by atoms with van der Waals surface area (Å²) in [6, 6.07) is 10.4. The first-order chi connectivity index (χ1) is 11.5. The third-order valence-corrected chi connectivity index (χ3v) is 5.36.